The van der Waals surface area contributed by atoms with E-state index in [4.69, 9.17) is 14.2 Å². The van der Waals surface area contributed by atoms with Gasteiger partial charge in [0.25, 0.3) is 11.1 Å². The van der Waals surface area contributed by atoms with Crippen molar-refractivity contribution in [2.45, 2.75) is 6.61 Å². The van der Waals surface area contributed by atoms with Gasteiger partial charge in [-0.3, -0.25) is 19.3 Å². The molecule has 0 aromatic heterocycles. The van der Waals surface area contributed by atoms with E-state index in [0.717, 1.165) is 38.6 Å². The van der Waals surface area contributed by atoms with Gasteiger partial charge >= 0.3 is 0 Å². The molecule has 1 saturated heterocycles. The Bertz CT molecular complexity index is 1630. The number of carbonyl (C=O) groups excluding carboxylic acids is 3. The number of ether oxygens (including phenoxy) is 3. The van der Waals surface area contributed by atoms with E-state index in [9.17, 15) is 14.4 Å². The third-order valence-electron chi connectivity index (χ3n) is 6.28. The van der Waals surface area contributed by atoms with Gasteiger partial charge in [0.05, 0.1) is 4.91 Å². The van der Waals surface area contributed by atoms with Crippen LogP contribution in [0.5, 0.6) is 17.2 Å². The predicted molar refractivity (Wildman–Crippen MR) is 149 cm³/mol. The summed E-state index contributed by atoms with van der Waals surface area (Å²) in [7, 11) is 0. The number of hydrogen-bond acceptors (Lipinski definition) is 7. The van der Waals surface area contributed by atoms with E-state index < -0.39 is 23.6 Å². The fourth-order valence-corrected chi connectivity index (χ4v) is 5.18. The molecule has 3 amide bonds. The van der Waals surface area contributed by atoms with Crippen LogP contribution < -0.4 is 19.5 Å². The first-order chi connectivity index (χ1) is 19.0. The minimum Gasteiger partial charge on any atom is -0.489 e. The maximum Gasteiger partial charge on any atom is 0.294 e. The molecule has 0 aliphatic carbocycles. The van der Waals surface area contributed by atoms with Crippen LogP contribution in [0.25, 0.3) is 16.8 Å². The molecule has 6 rings (SSSR count). The average Bonchev–Trinajstić information content (AvgIpc) is 3.52. The van der Waals surface area contributed by atoms with Crippen molar-refractivity contribution in [1.82, 2.24) is 4.90 Å². The Morgan fingerprint density at radius 1 is 0.949 bits per heavy atom. The highest BCUT2D eigenvalue weighted by Gasteiger charge is 2.36. The van der Waals surface area contributed by atoms with Crippen molar-refractivity contribution in [1.29, 1.82) is 0 Å². The summed E-state index contributed by atoms with van der Waals surface area (Å²) in [5, 5.41) is 4.49. The topological polar surface area (TPSA) is 94.2 Å². The Morgan fingerprint density at radius 3 is 2.62 bits per heavy atom. The maximum absolute atomic E-state index is 12.9. The van der Waals surface area contributed by atoms with Crippen LogP contribution >= 0.6 is 11.8 Å². The molecule has 0 unspecified atom stereocenters. The second kappa shape index (κ2) is 10.5. The molecular weight excluding hydrogens is 516 g/mol. The van der Waals surface area contributed by atoms with Gasteiger partial charge in [0.2, 0.25) is 12.7 Å². The lowest BCUT2D eigenvalue weighted by Crippen LogP contribution is -2.36. The highest BCUT2D eigenvalue weighted by Crippen LogP contribution is 2.35. The Labute approximate surface area is 228 Å². The van der Waals surface area contributed by atoms with Gasteiger partial charge in [-0.1, -0.05) is 54.6 Å². The molecule has 0 bridgehead atoms. The molecule has 2 heterocycles. The Kier molecular flexibility index (Phi) is 6.64. The second-order valence-corrected chi connectivity index (χ2v) is 9.87. The Balaban J connectivity index is 1.07. The van der Waals surface area contributed by atoms with Crippen LogP contribution in [-0.4, -0.2) is 35.3 Å². The van der Waals surface area contributed by atoms with Crippen LogP contribution in [0, 0.1) is 0 Å². The van der Waals surface area contributed by atoms with Gasteiger partial charge < -0.3 is 19.5 Å². The molecule has 1 fully saturated rings. The normalized spacial score (nSPS) is 15.3. The lowest BCUT2D eigenvalue weighted by Gasteiger charge is -2.12. The molecule has 0 atom stereocenters. The van der Waals surface area contributed by atoms with Gasteiger partial charge in [-0.25, -0.2) is 0 Å². The van der Waals surface area contributed by atoms with E-state index in [2.05, 4.69) is 23.5 Å². The number of nitrogens with one attached hydrogen (secondary N) is 1. The minimum absolute atomic E-state index is 0.122. The summed E-state index contributed by atoms with van der Waals surface area (Å²) in [5.74, 6) is 0.793. The average molecular weight is 539 g/mol. The third-order valence-corrected chi connectivity index (χ3v) is 7.19. The number of thioether (sulfide) groups is 1. The minimum atomic E-state index is -0.512. The molecule has 1 N–H and O–H groups in total. The molecule has 0 spiro atoms. The van der Waals surface area contributed by atoms with Gasteiger partial charge in [-0.2, -0.15) is 0 Å². The number of carbonyl (C=O) groups is 3. The monoisotopic (exact) mass is 538 g/mol. The van der Waals surface area contributed by atoms with Gasteiger partial charge in [-0.15, -0.1) is 0 Å². The molecule has 194 valence electrons. The number of imide groups is 1. The fraction of sp³-hybridized carbons (Fsp3) is 0.100. The molecule has 8 nitrogen and oxygen atoms in total. The number of rotatable bonds is 7. The van der Waals surface area contributed by atoms with Crippen LogP contribution in [0.15, 0.2) is 89.8 Å². The van der Waals surface area contributed by atoms with Crippen molar-refractivity contribution in [3.63, 3.8) is 0 Å². The van der Waals surface area contributed by atoms with Crippen LogP contribution in [0.1, 0.15) is 11.1 Å². The first-order valence-electron chi connectivity index (χ1n) is 12.2. The summed E-state index contributed by atoms with van der Waals surface area (Å²) >= 11 is 0.805. The molecule has 4 aromatic carbocycles. The van der Waals surface area contributed by atoms with Gasteiger partial charge in [0.15, 0.2) is 11.5 Å². The lowest BCUT2D eigenvalue weighted by atomic mass is 10.1. The highest BCUT2D eigenvalue weighted by molar-refractivity contribution is 8.18. The Morgan fingerprint density at radius 2 is 1.74 bits per heavy atom. The number of fused-ring (bicyclic) bond motifs is 2. The third kappa shape index (κ3) is 5.30. The molecule has 0 radical (unpaired) electrons. The van der Waals surface area contributed by atoms with Crippen molar-refractivity contribution in [3.05, 3.63) is 101 Å². The summed E-state index contributed by atoms with van der Waals surface area (Å²) in [6, 6.07) is 26.5. The zero-order valence-electron chi connectivity index (χ0n) is 20.6. The number of amides is 3. The summed E-state index contributed by atoms with van der Waals surface area (Å²) in [6.45, 7) is 0.155. The number of hydrogen-bond donors (Lipinski definition) is 1. The maximum atomic E-state index is 12.9. The van der Waals surface area contributed by atoms with Crippen molar-refractivity contribution >= 4 is 51.4 Å². The second-order valence-electron chi connectivity index (χ2n) is 8.88. The van der Waals surface area contributed by atoms with Crippen LogP contribution in [0.3, 0.4) is 0 Å². The van der Waals surface area contributed by atoms with E-state index >= 15 is 0 Å². The lowest BCUT2D eigenvalue weighted by molar-refractivity contribution is -0.127. The SMILES string of the molecule is O=C(CN1C(=O)S/C(=C/c2ccc(OCc3cccc4ccccc34)cc2)C1=O)Nc1ccc2c(c1)OCO2. The first-order valence-corrected chi connectivity index (χ1v) is 13.0. The quantitative estimate of drug-likeness (QED) is 0.296. The van der Waals surface area contributed by atoms with E-state index in [1.165, 1.54) is 0 Å². The predicted octanol–water partition coefficient (Wildman–Crippen LogP) is 5.82. The van der Waals surface area contributed by atoms with E-state index in [1.54, 1.807) is 24.3 Å². The molecule has 4 aromatic rings. The summed E-state index contributed by atoms with van der Waals surface area (Å²) < 4.78 is 16.5. The molecule has 2 aliphatic rings. The number of anilines is 1. The first kappa shape index (κ1) is 24.6. The van der Waals surface area contributed by atoms with E-state index in [0.29, 0.717) is 29.5 Å². The van der Waals surface area contributed by atoms with Gasteiger partial charge in [-0.05, 0) is 64.0 Å². The summed E-state index contributed by atoms with van der Waals surface area (Å²) in [5.41, 5.74) is 2.31. The van der Waals surface area contributed by atoms with Crippen LogP contribution in [0.2, 0.25) is 0 Å². The van der Waals surface area contributed by atoms with Crippen molar-refractivity contribution in [2.75, 3.05) is 18.7 Å². The van der Waals surface area contributed by atoms with Crippen molar-refractivity contribution in [2.24, 2.45) is 0 Å². The van der Waals surface area contributed by atoms with Gasteiger partial charge in [0, 0.05) is 11.8 Å². The smallest absolute Gasteiger partial charge is 0.294 e. The molecule has 9 heteroatoms. The largest absolute Gasteiger partial charge is 0.489 e. The Hall–Kier alpha value is -4.76. The zero-order chi connectivity index (χ0) is 26.8. The molecule has 2 aliphatic heterocycles. The fourth-order valence-electron chi connectivity index (χ4n) is 4.35. The molecule has 39 heavy (non-hydrogen) atoms. The summed E-state index contributed by atoms with van der Waals surface area (Å²) in [4.78, 5) is 39.1. The molecular formula is C30H22N2O6S. The van der Waals surface area contributed by atoms with E-state index in [1.807, 2.05) is 48.5 Å². The van der Waals surface area contributed by atoms with Gasteiger partial charge in [0.1, 0.15) is 18.9 Å². The highest BCUT2D eigenvalue weighted by atomic mass is 32.2. The number of benzene rings is 4. The van der Waals surface area contributed by atoms with Crippen molar-refractivity contribution < 1.29 is 28.6 Å². The van der Waals surface area contributed by atoms with E-state index in [-0.39, 0.29) is 11.7 Å². The zero-order valence-corrected chi connectivity index (χ0v) is 21.4. The van der Waals surface area contributed by atoms with Crippen molar-refractivity contribution in [3.8, 4) is 17.2 Å². The number of nitrogens with zero attached hydrogens (tertiary/aromatic N) is 1. The summed E-state index contributed by atoms with van der Waals surface area (Å²) in [6.07, 6.45) is 1.63. The van der Waals surface area contributed by atoms with Crippen LogP contribution in [-0.2, 0) is 16.2 Å². The molecule has 0 saturated carbocycles. The standard InChI is InChI=1S/C30H22N2O6S/c33-28(31-22-10-13-25-26(15-22)38-18-37-25)16-32-29(34)27(39-30(32)35)14-19-8-11-23(12-9-19)36-17-21-6-3-5-20-4-1-2-7-24(20)21/h1-15H,16-18H2,(H,31,33)/b27-14+. The van der Waals surface area contributed by atoms with Crippen LogP contribution in [0.4, 0.5) is 10.5 Å².